The molecule has 0 saturated heterocycles. The van der Waals surface area contributed by atoms with Gasteiger partial charge in [0, 0.05) is 0 Å². The lowest BCUT2D eigenvalue weighted by Crippen LogP contribution is -2.21. The molecule has 2 aromatic heterocycles. The molecule has 2 heterocycles. The molecule has 66 valence electrons. The summed E-state index contributed by atoms with van der Waals surface area (Å²) in [6.07, 6.45) is 1.23. The predicted octanol–water partition coefficient (Wildman–Crippen LogP) is -1.27. The van der Waals surface area contributed by atoms with Gasteiger partial charge in [-0.15, -0.1) is 5.10 Å². The lowest BCUT2D eigenvalue weighted by atomic mass is 10.5. The highest BCUT2D eigenvalue weighted by Gasteiger charge is 2.12. The summed E-state index contributed by atoms with van der Waals surface area (Å²) < 4.78 is 0.852. The van der Waals surface area contributed by atoms with Gasteiger partial charge in [-0.05, 0) is 0 Å². The van der Waals surface area contributed by atoms with Crippen molar-refractivity contribution in [2.24, 2.45) is 5.73 Å². The first kappa shape index (κ1) is 7.40. The van der Waals surface area contributed by atoms with Crippen LogP contribution in [0.15, 0.2) is 6.33 Å². The maximum absolute atomic E-state index is 10.8. The number of aromatic nitrogens is 5. The average Bonchev–Trinajstić information content (AvgIpc) is 2.49. The van der Waals surface area contributed by atoms with Crippen LogP contribution >= 0.6 is 0 Å². The van der Waals surface area contributed by atoms with E-state index in [4.69, 9.17) is 11.5 Å². The van der Waals surface area contributed by atoms with E-state index in [0.717, 1.165) is 4.68 Å². The number of nitrogens with zero attached hydrogens (tertiary/aromatic N) is 5. The highest BCUT2D eigenvalue weighted by molar-refractivity contribution is 5.90. The molecule has 2 aromatic rings. The standard InChI is InChI=1S/C5H5N7O/c6-3-2-4(9-1-8-3)10-11-12(2)5(7)13/h1H,(H2,7,13)(H2,6,8,9). The Morgan fingerprint density at radius 1 is 1.46 bits per heavy atom. The number of amides is 1. The van der Waals surface area contributed by atoms with Crippen LogP contribution in [0.4, 0.5) is 10.6 Å². The van der Waals surface area contributed by atoms with E-state index in [1.165, 1.54) is 6.33 Å². The molecule has 0 saturated carbocycles. The number of fused-ring (bicyclic) bond motifs is 1. The van der Waals surface area contributed by atoms with Crippen molar-refractivity contribution in [3.05, 3.63) is 6.33 Å². The summed E-state index contributed by atoms with van der Waals surface area (Å²) in [4.78, 5) is 18.2. The van der Waals surface area contributed by atoms with Crippen molar-refractivity contribution in [3.63, 3.8) is 0 Å². The minimum atomic E-state index is -0.774. The molecule has 0 aromatic carbocycles. The summed E-state index contributed by atoms with van der Waals surface area (Å²) in [7, 11) is 0. The molecular weight excluding hydrogens is 174 g/mol. The highest BCUT2D eigenvalue weighted by atomic mass is 16.2. The Kier molecular flexibility index (Phi) is 1.35. The van der Waals surface area contributed by atoms with Crippen molar-refractivity contribution in [1.82, 2.24) is 25.0 Å². The van der Waals surface area contributed by atoms with Crippen LogP contribution < -0.4 is 11.5 Å². The Labute approximate surface area is 71.6 Å². The first-order valence-electron chi connectivity index (χ1n) is 3.32. The number of carbonyl (C=O) groups is 1. The molecule has 0 atom stereocenters. The van der Waals surface area contributed by atoms with Gasteiger partial charge in [0.1, 0.15) is 6.33 Å². The highest BCUT2D eigenvalue weighted by Crippen LogP contribution is 2.11. The van der Waals surface area contributed by atoms with Crippen molar-refractivity contribution in [2.45, 2.75) is 0 Å². The molecule has 8 heteroatoms. The number of nitrogen functional groups attached to an aromatic ring is 1. The van der Waals surface area contributed by atoms with Crippen LogP contribution in [-0.2, 0) is 0 Å². The van der Waals surface area contributed by atoms with E-state index in [2.05, 4.69) is 20.3 Å². The Morgan fingerprint density at radius 3 is 2.92 bits per heavy atom. The molecule has 0 radical (unpaired) electrons. The van der Waals surface area contributed by atoms with Crippen LogP contribution in [0.1, 0.15) is 0 Å². The van der Waals surface area contributed by atoms with Gasteiger partial charge in [-0.25, -0.2) is 14.8 Å². The minimum Gasteiger partial charge on any atom is -0.382 e. The van der Waals surface area contributed by atoms with E-state index >= 15 is 0 Å². The van der Waals surface area contributed by atoms with E-state index in [-0.39, 0.29) is 17.0 Å². The Hall–Kier alpha value is -2.25. The van der Waals surface area contributed by atoms with Crippen LogP contribution in [0.3, 0.4) is 0 Å². The largest absolute Gasteiger partial charge is 0.382 e. The molecule has 1 amide bonds. The zero-order chi connectivity index (χ0) is 9.42. The van der Waals surface area contributed by atoms with Gasteiger partial charge in [0.15, 0.2) is 11.3 Å². The number of rotatable bonds is 0. The number of hydrogen-bond donors (Lipinski definition) is 2. The van der Waals surface area contributed by atoms with Gasteiger partial charge in [0.05, 0.1) is 0 Å². The maximum atomic E-state index is 10.8. The number of primary amides is 1. The second-order valence-electron chi connectivity index (χ2n) is 2.27. The van der Waals surface area contributed by atoms with Crippen LogP contribution in [0.2, 0.25) is 0 Å². The molecule has 0 fully saturated rings. The second kappa shape index (κ2) is 2.37. The minimum absolute atomic E-state index is 0.119. The fourth-order valence-corrected chi connectivity index (χ4v) is 0.945. The van der Waals surface area contributed by atoms with Gasteiger partial charge in [-0.2, -0.15) is 4.68 Å². The molecular formula is C5H5N7O. The third-order valence-corrected chi connectivity index (χ3v) is 1.48. The lowest BCUT2D eigenvalue weighted by molar-refractivity contribution is 0.248. The Bertz CT molecular complexity index is 475. The Balaban J connectivity index is 2.86. The number of nitrogens with two attached hydrogens (primary N) is 2. The van der Waals surface area contributed by atoms with Crippen molar-refractivity contribution in [1.29, 1.82) is 0 Å². The van der Waals surface area contributed by atoms with Gasteiger partial charge >= 0.3 is 6.03 Å². The van der Waals surface area contributed by atoms with Gasteiger partial charge < -0.3 is 11.5 Å². The molecule has 0 unspecified atom stereocenters. The smallest absolute Gasteiger partial charge is 0.341 e. The lowest BCUT2D eigenvalue weighted by Gasteiger charge is -1.95. The predicted molar refractivity (Wildman–Crippen MR) is 42.5 cm³/mol. The quantitative estimate of drug-likeness (QED) is 0.519. The van der Waals surface area contributed by atoms with Crippen LogP contribution in [0.5, 0.6) is 0 Å². The summed E-state index contributed by atoms with van der Waals surface area (Å²) in [5.74, 6) is 0.119. The van der Waals surface area contributed by atoms with Crippen molar-refractivity contribution >= 4 is 23.0 Å². The van der Waals surface area contributed by atoms with Gasteiger partial charge in [0.25, 0.3) is 0 Å². The van der Waals surface area contributed by atoms with E-state index in [9.17, 15) is 4.79 Å². The van der Waals surface area contributed by atoms with Crippen LogP contribution in [0.25, 0.3) is 11.2 Å². The molecule has 2 rings (SSSR count). The fourth-order valence-electron chi connectivity index (χ4n) is 0.945. The summed E-state index contributed by atoms with van der Waals surface area (Å²) in [6, 6.07) is -0.774. The van der Waals surface area contributed by atoms with Gasteiger partial charge in [-0.1, -0.05) is 5.21 Å². The normalized spacial score (nSPS) is 10.5. The Morgan fingerprint density at radius 2 is 2.23 bits per heavy atom. The van der Waals surface area contributed by atoms with Crippen LogP contribution in [-0.4, -0.2) is 31.0 Å². The maximum Gasteiger partial charge on any atom is 0.341 e. The second-order valence-corrected chi connectivity index (χ2v) is 2.27. The first-order chi connectivity index (χ1) is 6.20. The zero-order valence-electron chi connectivity index (χ0n) is 6.38. The molecule has 4 N–H and O–H groups in total. The number of anilines is 1. The van der Waals surface area contributed by atoms with E-state index in [0.29, 0.717) is 0 Å². The number of hydrogen-bond acceptors (Lipinski definition) is 6. The average molecular weight is 179 g/mol. The molecule has 0 spiro atoms. The van der Waals surface area contributed by atoms with Crippen LogP contribution in [0, 0.1) is 0 Å². The third-order valence-electron chi connectivity index (χ3n) is 1.48. The molecule has 13 heavy (non-hydrogen) atoms. The first-order valence-corrected chi connectivity index (χ1v) is 3.32. The number of carbonyl (C=O) groups excluding carboxylic acids is 1. The van der Waals surface area contributed by atoms with Crippen molar-refractivity contribution in [2.75, 3.05) is 5.73 Å². The molecule has 0 aliphatic carbocycles. The topological polar surface area (TPSA) is 126 Å². The van der Waals surface area contributed by atoms with Crippen molar-refractivity contribution < 1.29 is 4.79 Å². The van der Waals surface area contributed by atoms with Gasteiger partial charge in [-0.3, -0.25) is 0 Å². The van der Waals surface area contributed by atoms with Crippen molar-refractivity contribution in [3.8, 4) is 0 Å². The summed E-state index contributed by atoms with van der Waals surface area (Å²) >= 11 is 0. The van der Waals surface area contributed by atoms with E-state index in [1.807, 2.05) is 0 Å². The summed E-state index contributed by atoms with van der Waals surface area (Å²) in [5.41, 5.74) is 11.0. The van der Waals surface area contributed by atoms with E-state index in [1.54, 1.807) is 0 Å². The fraction of sp³-hybridized carbons (Fsp3) is 0. The molecule has 0 bridgehead atoms. The monoisotopic (exact) mass is 179 g/mol. The van der Waals surface area contributed by atoms with E-state index < -0.39 is 6.03 Å². The third kappa shape index (κ3) is 0.956. The molecule has 8 nitrogen and oxygen atoms in total. The molecule has 0 aliphatic rings. The SMILES string of the molecule is NC(=O)n1nnc2ncnc(N)c21. The van der Waals surface area contributed by atoms with Gasteiger partial charge in [0.2, 0.25) is 5.65 Å². The zero-order valence-corrected chi connectivity index (χ0v) is 6.38. The summed E-state index contributed by atoms with van der Waals surface area (Å²) in [5, 5.41) is 7.05. The summed E-state index contributed by atoms with van der Waals surface area (Å²) in [6.45, 7) is 0. The molecule has 0 aliphatic heterocycles.